The summed E-state index contributed by atoms with van der Waals surface area (Å²) in [6.45, 7) is 0. The number of hydrogen-bond acceptors (Lipinski definition) is 5. The molecule has 7 nitrogen and oxygen atoms in total. The van der Waals surface area contributed by atoms with Crippen molar-refractivity contribution in [1.82, 2.24) is 4.90 Å². The number of nitrogens with two attached hydrogens (primary N) is 1. The SMILES string of the molecule is CN(C)C(=N)c1ccc(C2=NOC(C(N)=O)C2)c(OC2CCCCC2)c1. The van der Waals surface area contributed by atoms with E-state index in [0.717, 1.165) is 24.0 Å². The van der Waals surface area contributed by atoms with Crippen molar-refractivity contribution in [1.29, 1.82) is 5.41 Å². The zero-order chi connectivity index (χ0) is 18.7. The molecule has 1 aromatic rings. The minimum absolute atomic E-state index is 0.168. The standard InChI is InChI=1S/C19H26N4O3/c1-23(2)18(20)12-8-9-14(15-11-17(19(21)24)26-22-15)16(10-12)25-13-6-4-3-5-7-13/h8-10,13,17,20H,3-7,11H2,1-2H3,(H2,21,24). The lowest BCUT2D eigenvalue weighted by Gasteiger charge is -2.25. The first-order valence-electron chi connectivity index (χ1n) is 9.05. The number of nitrogens with one attached hydrogen (secondary N) is 1. The van der Waals surface area contributed by atoms with Crippen LogP contribution in [0.25, 0.3) is 0 Å². The minimum atomic E-state index is -0.729. The van der Waals surface area contributed by atoms with Gasteiger partial charge in [0.1, 0.15) is 11.6 Å². The van der Waals surface area contributed by atoms with E-state index in [9.17, 15) is 4.79 Å². The van der Waals surface area contributed by atoms with Crippen LogP contribution in [0, 0.1) is 5.41 Å². The number of oxime groups is 1. The summed E-state index contributed by atoms with van der Waals surface area (Å²) >= 11 is 0. The summed E-state index contributed by atoms with van der Waals surface area (Å²) in [5.41, 5.74) is 7.55. The first-order chi connectivity index (χ1) is 12.5. The summed E-state index contributed by atoms with van der Waals surface area (Å²) < 4.78 is 6.30. The summed E-state index contributed by atoms with van der Waals surface area (Å²) in [6, 6.07) is 5.63. The zero-order valence-electron chi connectivity index (χ0n) is 15.3. The highest BCUT2D eigenvalue weighted by atomic mass is 16.6. The van der Waals surface area contributed by atoms with Gasteiger partial charge in [-0.2, -0.15) is 0 Å². The summed E-state index contributed by atoms with van der Waals surface area (Å²) in [5, 5.41) is 12.3. The Balaban J connectivity index is 1.89. The van der Waals surface area contributed by atoms with Crippen molar-refractivity contribution in [2.75, 3.05) is 14.1 Å². The lowest BCUT2D eigenvalue weighted by Crippen LogP contribution is -2.28. The Kier molecular flexibility index (Phi) is 5.44. The number of amidine groups is 1. The Morgan fingerprint density at radius 2 is 2.04 bits per heavy atom. The Labute approximate surface area is 153 Å². The van der Waals surface area contributed by atoms with Crippen LogP contribution in [0.5, 0.6) is 5.75 Å². The monoisotopic (exact) mass is 358 g/mol. The van der Waals surface area contributed by atoms with Gasteiger partial charge in [-0.05, 0) is 37.8 Å². The molecule has 1 unspecified atom stereocenters. The maximum absolute atomic E-state index is 11.4. The number of rotatable bonds is 5. The molecule has 0 radical (unpaired) electrons. The van der Waals surface area contributed by atoms with Crippen LogP contribution in [-0.4, -0.2) is 48.7 Å². The third-order valence-electron chi connectivity index (χ3n) is 4.85. The lowest BCUT2D eigenvalue weighted by atomic mass is 9.97. The summed E-state index contributed by atoms with van der Waals surface area (Å²) in [6.07, 6.45) is 5.42. The summed E-state index contributed by atoms with van der Waals surface area (Å²) in [5.74, 6) is 0.572. The van der Waals surface area contributed by atoms with E-state index in [4.69, 9.17) is 20.7 Å². The van der Waals surface area contributed by atoms with Crippen LogP contribution >= 0.6 is 0 Å². The van der Waals surface area contributed by atoms with Crippen molar-refractivity contribution in [3.63, 3.8) is 0 Å². The van der Waals surface area contributed by atoms with Gasteiger partial charge < -0.3 is 20.2 Å². The van der Waals surface area contributed by atoms with Gasteiger partial charge in [0.15, 0.2) is 0 Å². The van der Waals surface area contributed by atoms with Gasteiger partial charge >= 0.3 is 0 Å². The molecule has 2 aliphatic rings. The van der Waals surface area contributed by atoms with E-state index in [1.54, 1.807) is 4.90 Å². The number of carbonyl (C=O) groups excluding carboxylic acids is 1. The Morgan fingerprint density at radius 1 is 1.31 bits per heavy atom. The van der Waals surface area contributed by atoms with Gasteiger partial charge in [0.25, 0.3) is 5.91 Å². The number of carbonyl (C=O) groups is 1. The van der Waals surface area contributed by atoms with Crippen molar-refractivity contribution in [2.45, 2.75) is 50.7 Å². The van der Waals surface area contributed by atoms with E-state index in [1.165, 1.54) is 19.3 Å². The molecule has 0 bridgehead atoms. The molecule has 1 aliphatic carbocycles. The fourth-order valence-electron chi connectivity index (χ4n) is 3.32. The normalized spacial score (nSPS) is 20.2. The van der Waals surface area contributed by atoms with E-state index in [0.29, 0.717) is 23.7 Å². The molecule has 7 heteroatoms. The highest BCUT2D eigenvalue weighted by Gasteiger charge is 2.29. The van der Waals surface area contributed by atoms with Crippen molar-refractivity contribution >= 4 is 17.5 Å². The molecule has 26 heavy (non-hydrogen) atoms. The van der Waals surface area contributed by atoms with Crippen molar-refractivity contribution in [3.8, 4) is 5.75 Å². The van der Waals surface area contributed by atoms with Crippen LogP contribution in [0.3, 0.4) is 0 Å². The molecule has 1 amide bonds. The first-order valence-corrected chi connectivity index (χ1v) is 9.05. The van der Waals surface area contributed by atoms with Gasteiger partial charge in [-0.1, -0.05) is 17.6 Å². The molecule has 1 aromatic carbocycles. The summed E-state index contributed by atoms with van der Waals surface area (Å²) in [7, 11) is 3.68. The molecule has 1 saturated carbocycles. The Hall–Kier alpha value is -2.57. The number of ether oxygens (including phenoxy) is 1. The fourth-order valence-corrected chi connectivity index (χ4v) is 3.32. The number of benzene rings is 1. The van der Waals surface area contributed by atoms with Crippen molar-refractivity contribution < 1.29 is 14.4 Å². The summed E-state index contributed by atoms with van der Waals surface area (Å²) in [4.78, 5) is 18.3. The van der Waals surface area contributed by atoms with Gasteiger partial charge in [-0.25, -0.2) is 0 Å². The molecule has 1 atom stereocenters. The smallest absolute Gasteiger partial charge is 0.261 e. The Bertz CT molecular complexity index is 723. The molecule has 140 valence electrons. The third kappa shape index (κ3) is 3.98. The van der Waals surface area contributed by atoms with Crippen molar-refractivity contribution in [2.24, 2.45) is 10.9 Å². The second-order valence-corrected chi connectivity index (χ2v) is 7.07. The van der Waals surface area contributed by atoms with Gasteiger partial charge in [0.05, 0.1) is 11.8 Å². The lowest BCUT2D eigenvalue weighted by molar-refractivity contribution is -0.127. The number of amides is 1. The maximum Gasteiger partial charge on any atom is 0.261 e. The Morgan fingerprint density at radius 3 is 2.65 bits per heavy atom. The molecule has 1 aliphatic heterocycles. The molecule has 1 fully saturated rings. The second-order valence-electron chi connectivity index (χ2n) is 7.07. The molecular weight excluding hydrogens is 332 g/mol. The van der Waals surface area contributed by atoms with Crippen molar-refractivity contribution in [3.05, 3.63) is 29.3 Å². The first kappa shape index (κ1) is 18.2. The predicted molar refractivity (Wildman–Crippen MR) is 99.7 cm³/mol. The van der Waals surface area contributed by atoms with Gasteiger partial charge in [0, 0.05) is 31.6 Å². The average molecular weight is 358 g/mol. The molecule has 0 saturated heterocycles. The quantitative estimate of drug-likeness (QED) is 0.623. The van der Waals surface area contributed by atoms with E-state index >= 15 is 0 Å². The number of nitrogens with zero attached hydrogens (tertiary/aromatic N) is 2. The molecule has 3 rings (SSSR count). The molecule has 0 spiro atoms. The molecular formula is C19H26N4O3. The van der Waals surface area contributed by atoms with Gasteiger partial charge in [-0.3, -0.25) is 10.2 Å². The topological polar surface area (TPSA) is 101 Å². The highest BCUT2D eigenvalue weighted by molar-refractivity contribution is 6.07. The van der Waals surface area contributed by atoms with E-state index in [2.05, 4.69) is 5.16 Å². The number of hydrogen-bond donors (Lipinski definition) is 2. The molecule has 0 aromatic heterocycles. The largest absolute Gasteiger partial charge is 0.490 e. The fraction of sp³-hybridized carbons (Fsp3) is 0.526. The zero-order valence-corrected chi connectivity index (χ0v) is 15.3. The average Bonchev–Trinajstić information content (AvgIpc) is 3.12. The molecule has 1 heterocycles. The van der Waals surface area contributed by atoms with E-state index in [-0.39, 0.29) is 6.10 Å². The third-order valence-corrected chi connectivity index (χ3v) is 4.85. The van der Waals surface area contributed by atoms with E-state index in [1.807, 2.05) is 32.3 Å². The highest BCUT2D eigenvalue weighted by Crippen LogP contribution is 2.30. The van der Waals surface area contributed by atoms with Crippen LogP contribution < -0.4 is 10.5 Å². The van der Waals surface area contributed by atoms with Crippen LogP contribution in [0.4, 0.5) is 0 Å². The predicted octanol–water partition coefficient (Wildman–Crippen LogP) is 2.26. The van der Waals surface area contributed by atoms with Crippen LogP contribution in [0.2, 0.25) is 0 Å². The van der Waals surface area contributed by atoms with Gasteiger partial charge in [0.2, 0.25) is 6.10 Å². The molecule has 3 N–H and O–H groups in total. The second kappa shape index (κ2) is 7.76. The maximum atomic E-state index is 11.4. The van der Waals surface area contributed by atoms with Gasteiger partial charge in [-0.15, -0.1) is 0 Å². The van der Waals surface area contributed by atoms with Crippen LogP contribution in [-0.2, 0) is 9.63 Å². The van der Waals surface area contributed by atoms with Crippen LogP contribution in [0.15, 0.2) is 23.4 Å². The van der Waals surface area contributed by atoms with Crippen LogP contribution in [0.1, 0.15) is 49.7 Å². The number of primary amides is 1. The van der Waals surface area contributed by atoms with E-state index < -0.39 is 12.0 Å². The minimum Gasteiger partial charge on any atom is -0.490 e.